The Morgan fingerprint density at radius 1 is 0.345 bits per heavy atom. The predicted octanol–water partition coefficient (Wildman–Crippen LogP) is 14.2. The maximum Gasteiger partial charge on any atom is 0.164 e. The Morgan fingerprint density at radius 2 is 0.983 bits per heavy atom. The second-order valence-electron chi connectivity index (χ2n) is 14.5. The fraction of sp³-hybridized carbons (Fsp3) is 0. The molecule has 6 heteroatoms. The van der Waals surface area contributed by atoms with Gasteiger partial charge in [0.25, 0.3) is 0 Å². The van der Waals surface area contributed by atoms with Crippen molar-refractivity contribution < 1.29 is 4.42 Å². The van der Waals surface area contributed by atoms with E-state index in [-0.39, 0.29) is 0 Å². The molecule has 4 aromatic heterocycles. The molecule has 12 aromatic rings. The van der Waals surface area contributed by atoms with Crippen molar-refractivity contribution in [2.75, 3.05) is 0 Å². The average Bonchev–Trinajstić information content (AvgIpc) is 3.87. The highest BCUT2D eigenvalue weighted by atomic mass is 32.1. The van der Waals surface area contributed by atoms with E-state index in [1.165, 1.54) is 25.6 Å². The van der Waals surface area contributed by atoms with Gasteiger partial charge in [-0.2, -0.15) is 0 Å². The molecule has 270 valence electrons. The Balaban J connectivity index is 1.04. The summed E-state index contributed by atoms with van der Waals surface area (Å²) in [5.74, 6) is 1.82. The van der Waals surface area contributed by atoms with Gasteiger partial charge in [0, 0.05) is 69.4 Å². The first-order chi connectivity index (χ1) is 28.7. The van der Waals surface area contributed by atoms with Gasteiger partial charge in [0.05, 0.1) is 11.2 Å². The van der Waals surface area contributed by atoms with Gasteiger partial charge in [-0.25, -0.2) is 19.9 Å². The van der Waals surface area contributed by atoms with Crippen LogP contribution in [0.3, 0.4) is 0 Å². The summed E-state index contributed by atoms with van der Waals surface area (Å²) in [6, 6.07) is 63.2. The molecule has 4 heterocycles. The minimum atomic E-state index is 0.598. The number of aromatic nitrogens is 4. The molecule has 0 aliphatic heterocycles. The zero-order valence-electron chi connectivity index (χ0n) is 30.9. The third-order valence-corrected chi connectivity index (χ3v) is 12.2. The Bertz CT molecular complexity index is 3570. The van der Waals surface area contributed by atoms with Crippen molar-refractivity contribution in [3.8, 4) is 56.5 Å². The van der Waals surface area contributed by atoms with Crippen LogP contribution < -0.4 is 0 Å². The number of furan rings is 1. The lowest BCUT2D eigenvalue weighted by molar-refractivity contribution is 0.669. The Hall–Kier alpha value is -7.54. The first kappa shape index (κ1) is 32.7. The van der Waals surface area contributed by atoms with E-state index < -0.39 is 0 Å². The van der Waals surface area contributed by atoms with Gasteiger partial charge in [-0.15, -0.1) is 11.3 Å². The summed E-state index contributed by atoms with van der Waals surface area (Å²) < 4.78 is 8.77. The van der Waals surface area contributed by atoms with Crippen LogP contribution in [0.5, 0.6) is 0 Å². The summed E-state index contributed by atoms with van der Waals surface area (Å²) in [5.41, 5.74) is 9.69. The normalized spacial score (nSPS) is 11.8. The van der Waals surface area contributed by atoms with Crippen molar-refractivity contribution >= 4 is 75.1 Å². The standard InChI is InChI=1S/C52H30N4OS/c1-3-13-31(14-4-1)49-38-26-28-45-48(47(38)36-19-7-9-22-41(36)53-49)40-30-34(25-27-44(40)58-45)33-17-11-18-35(29-33)51-54-50(32-15-5-2-6-16-32)55-52(56-51)39-21-12-24-43-46(39)37-20-8-10-23-42(37)57-43/h1-30H. The van der Waals surface area contributed by atoms with E-state index in [1.807, 2.05) is 72.0 Å². The van der Waals surface area contributed by atoms with E-state index in [0.29, 0.717) is 17.5 Å². The SMILES string of the molecule is c1ccc(-c2nc(-c3cccc(-c4ccc5sc6ccc7c(-c8ccccc8)nc8ccccc8c7c6c5c4)c3)nc(-c3cccc4oc5ccccc5c34)n2)cc1. The molecular weight excluding hydrogens is 729 g/mol. The number of nitrogens with zero attached hydrogens (tertiary/aromatic N) is 4. The topological polar surface area (TPSA) is 64.7 Å². The van der Waals surface area contributed by atoms with Gasteiger partial charge in [-0.1, -0.05) is 140 Å². The molecule has 0 amide bonds. The number of pyridine rings is 1. The molecule has 0 saturated heterocycles. The quantitative estimate of drug-likeness (QED) is 0.164. The van der Waals surface area contributed by atoms with Crippen LogP contribution in [0.15, 0.2) is 186 Å². The lowest BCUT2D eigenvalue weighted by atomic mass is 9.95. The lowest BCUT2D eigenvalue weighted by Crippen LogP contribution is -2.00. The zero-order chi connectivity index (χ0) is 38.2. The van der Waals surface area contributed by atoms with E-state index in [1.54, 1.807) is 0 Å². The number of rotatable bonds is 5. The maximum atomic E-state index is 6.26. The van der Waals surface area contributed by atoms with Crippen molar-refractivity contribution in [3.05, 3.63) is 182 Å². The van der Waals surface area contributed by atoms with E-state index in [9.17, 15) is 0 Å². The molecule has 0 spiro atoms. The van der Waals surface area contributed by atoms with Crippen molar-refractivity contribution in [2.45, 2.75) is 0 Å². The Labute approximate surface area is 336 Å². The van der Waals surface area contributed by atoms with Crippen LogP contribution in [0.4, 0.5) is 0 Å². The smallest absolute Gasteiger partial charge is 0.164 e. The van der Waals surface area contributed by atoms with Crippen molar-refractivity contribution in [1.29, 1.82) is 0 Å². The lowest BCUT2D eigenvalue weighted by Gasteiger charge is -2.12. The Morgan fingerprint density at radius 3 is 1.84 bits per heavy atom. The molecule has 0 radical (unpaired) electrons. The molecule has 0 N–H and O–H groups in total. The van der Waals surface area contributed by atoms with E-state index >= 15 is 0 Å². The molecule has 0 saturated carbocycles. The van der Waals surface area contributed by atoms with Crippen molar-refractivity contribution in [1.82, 2.24) is 19.9 Å². The molecule has 58 heavy (non-hydrogen) atoms. The highest BCUT2D eigenvalue weighted by molar-refractivity contribution is 7.26. The highest BCUT2D eigenvalue weighted by Crippen LogP contribution is 2.45. The second kappa shape index (κ2) is 13.0. The van der Waals surface area contributed by atoms with E-state index in [4.69, 9.17) is 24.4 Å². The summed E-state index contributed by atoms with van der Waals surface area (Å²) >= 11 is 1.84. The molecule has 0 aliphatic carbocycles. The monoisotopic (exact) mass is 758 g/mol. The molecule has 0 aliphatic rings. The van der Waals surface area contributed by atoms with Gasteiger partial charge >= 0.3 is 0 Å². The molecule has 0 atom stereocenters. The molecule has 0 bridgehead atoms. The summed E-state index contributed by atoms with van der Waals surface area (Å²) in [6.07, 6.45) is 0. The van der Waals surface area contributed by atoms with Crippen LogP contribution in [-0.2, 0) is 0 Å². The first-order valence-electron chi connectivity index (χ1n) is 19.3. The second-order valence-corrected chi connectivity index (χ2v) is 15.6. The number of thiophene rings is 1. The molecule has 0 fully saturated rings. The van der Waals surface area contributed by atoms with Crippen LogP contribution in [0.25, 0.3) is 120 Å². The number of hydrogen-bond donors (Lipinski definition) is 0. The predicted molar refractivity (Wildman–Crippen MR) is 240 cm³/mol. The van der Waals surface area contributed by atoms with E-state index in [0.717, 1.165) is 77.3 Å². The first-order valence-corrected chi connectivity index (χ1v) is 20.1. The number of hydrogen-bond acceptors (Lipinski definition) is 6. The number of para-hydroxylation sites is 2. The summed E-state index contributed by atoms with van der Waals surface area (Å²) in [7, 11) is 0. The highest BCUT2D eigenvalue weighted by Gasteiger charge is 2.20. The van der Waals surface area contributed by atoms with E-state index in [2.05, 4.69) is 121 Å². The van der Waals surface area contributed by atoms with Crippen molar-refractivity contribution in [2.24, 2.45) is 0 Å². The van der Waals surface area contributed by atoms with Crippen LogP contribution >= 0.6 is 11.3 Å². The largest absolute Gasteiger partial charge is 0.456 e. The Kier molecular flexibility index (Phi) is 7.33. The van der Waals surface area contributed by atoms with Crippen LogP contribution in [-0.4, -0.2) is 19.9 Å². The van der Waals surface area contributed by atoms with Gasteiger partial charge in [-0.3, -0.25) is 0 Å². The van der Waals surface area contributed by atoms with Crippen molar-refractivity contribution in [3.63, 3.8) is 0 Å². The van der Waals surface area contributed by atoms with Gasteiger partial charge in [0.15, 0.2) is 17.5 Å². The van der Waals surface area contributed by atoms with Crippen LogP contribution in [0.2, 0.25) is 0 Å². The van der Waals surface area contributed by atoms with Crippen LogP contribution in [0, 0.1) is 0 Å². The van der Waals surface area contributed by atoms with Gasteiger partial charge in [0.2, 0.25) is 0 Å². The fourth-order valence-corrected chi connectivity index (χ4v) is 9.54. The number of fused-ring (bicyclic) bond motifs is 10. The molecule has 8 aromatic carbocycles. The molecular formula is C52H30N4OS. The van der Waals surface area contributed by atoms with Gasteiger partial charge in [-0.05, 0) is 53.6 Å². The zero-order valence-corrected chi connectivity index (χ0v) is 31.7. The molecule has 0 unspecified atom stereocenters. The van der Waals surface area contributed by atoms with Gasteiger partial charge in [0.1, 0.15) is 11.2 Å². The average molecular weight is 759 g/mol. The minimum absolute atomic E-state index is 0.598. The summed E-state index contributed by atoms with van der Waals surface area (Å²) in [5, 5.41) is 8.08. The molecule has 5 nitrogen and oxygen atoms in total. The minimum Gasteiger partial charge on any atom is -0.456 e. The third kappa shape index (κ3) is 5.23. The molecule has 12 rings (SSSR count). The number of benzene rings is 8. The maximum absolute atomic E-state index is 6.26. The van der Waals surface area contributed by atoms with Crippen LogP contribution in [0.1, 0.15) is 0 Å². The third-order valence-electron chi connectivity index (χ3n) is 11.1. The fourth-order valence-electron chi connectivity index (χ4n) is 8.45. The summed E-state index contributed by atoms with van der Waals surface area (Å²) in [6.45, 7) is 0. The summed E-state index contributed by atoms with van der Waals surface area (Å²) in [4.78, 5) is 20.6. The van der Waals surface area contributed by atoms with Gasteiger partial charge < -0.3 is 4.42 Å².